The van der Waals surface area contributed by atoms with Gasteiger partial charge >= 0.3 is 5.76 Å². The van der Waals surface area contributed by atoms with Crippen molar-refractivity contribution in [2.45, 2.75) is 5.38 Å². The molecule has 0 aliphatic heterocycles. The maximum absolute atomic E-state index is 11.5. The van der Waals surface area contributed by atoms with E-state index >= 15 is 0 Å². The molecule has 2 aromatic carbocycles. The monoisotopic (exact) mass is 385 g/mol. The number of nitrogens with zero attached hydrogens (tertiary/aromatic N) is 1. The fourth-order valence-corrected chi connectivity index (χ4v) is 2.88. The fourth-order valence-electron chi connectivity index (χ4n) is 2.17. The highest BCUT2D eigenvalue weighted by atomic mass is 79.9. The van der Waals surface area contributed by atoms with Crippen molar-refractivity contribution in [3.05, 3.63) is 67.6 Å². The molecule has 1 atom stereocenters. The zero-order valence-electron chi connectivity index (χ0n) is 10.9. The van der Waals surface area contributed by atoms with Crippen LogP contribution < -0.4 is 5.76 Å². The van der Waals surface area contributed by atoms with E-state index in [4.69, 9.17) is 27.6 Å². The second-order valence-corrected chi connectivity index (χ2v) is 6.39. The molecule has 0 saturated heterocycles. The third-order valence-electron chi connectivity index (χ3n) is 3.35. The van der Waals surface area contributed by atoms with Gasteiger partial charge in [0, 0.05) is 11.5 Å². The van der Waals surface area contributed by atoms with Crippen LogP contribution >= 0.6 is 39.1 Å². The van der Waals surface area contributed by atoms with E-state index < -0.39 is 0 Å². The lowest BCUT2D eigenvalue weighted by atomic mass is 10.0. The number of hydrogen-bond donors (Lipinski definition) is 0. The summed E-state index contributed by atoms with van der Waals surface area (Å²) >= 11 is 15.9. The summed E-state index contributed by atoms with van der Waals surface area (Å²) < 4.78 is 7.46. The van der Waals surface area contributed by atoms with Crippen LogP contribution in [0.4, 0.5) is 0 Å². The molecule has 0 aliphatic rings. The molecular weight excluding hydrogens is 377 g/mol. The summed E-state index contributed by atoms with van der Waals surface area (Å²) in [5.41, 5.74) is 2.98. The summed E-state index contributed by atoms with van der Waals surface area (Å²) in [6.45, 7) is 0. The van der Waals surface area contributed by atoms with E-state index in [-0.39, 0.29) is 11.1 Å². The minimum absolute atomic E-state index is 0.370. The SMILES string of the molecule is Cn1c(=O)oc2cc(C(Cl)c3ccc(Br)c(Cl)c3)ccc21. The van der Waals surface area contributed by atoms with Gasteiger partial charge < -0.3 is 4.42 Å². The van der Waals surface area contributed by atoms with Gasteiger partial charge in [0.1, 0.15) is 0 Å². The van der Waals surface area contributed by atoms with Crippen molar-refractivity contribution in [1.29, 1.82) is 0 Å². The Hall–Kier alpha value is -1.23. The molecule has 0 fully saturated rings. The van der Waals surface area contributed by atoms with Crippen LogP contribution in [0, 0.1) is 0 Å². The van der Waals surface area contributed by atoms with E-state index in [1.54, 1.807) is 13.1 Å². The molecule has 0 saturated carbocycles. The third-order valence-corrected chi connectivity index (χ3v) is 5.08. The fraction of sp³-hybridized carbons (Fsp3) is 0.133. The highest BCUT2D eigenvalue weighted by Crippen LogP contribution is 2.34. The zero-order chi connectivity index (χ0) is 15.1. The van der Waals surface area contributed by atoms with Gasteiger partial charge in [-0.2, -0.15) is 0 Å². The van der Waals surface area contributed by atoms with E-state index in [1.165, 1.54) is 4.57 Å². The molecule has 0 radical (unpaired) electrons. The lowest BCUT2D eigenvalue weighted by Crippen LogP contribution is -2.08. The number of fused-ring (bicyclic) bond motifs is 1. The van der Waals surface area contributed by atoms with E-state index in [0.29, 0.717) is 10.6 Å². The van der Waals surface area contributed by atoms with Gasteiger partial charge in [0.25, 0.3) is 0 Å². The lowest BCUT2D eigenvalue weighted by molar-refractivity contribution is 0.528. The van der Waals surface area contributed by atoms with Gasteiger partial charge in [0.2, 0.25) is 0 Å². The van der Waals surface area contributed by atoms with Crippen LogP contribution in [0.15, 0.2) is 50.1 Å². The number of hydrogen-bond acceptors (Lipinski definition) is 2. The van der Waals surface area contributed by atoms with Crippen LogP contribution in [0.3, 0.4) is 0 Å². The second-order valence-electron chi connectivity index (χ2n) is 4.69. The second kappa shape index (κ2) is 5.52. The van der Waals surface area contributed by atoms with Crippen molar-refractivity contribution >= 4 is 50.2 Å². The van der Waals surface area contributed by atoms with Gasteiger partial charge in [-0.05, 0) is 51.3 Å². The van der Waals surface area contributed by atoms with Gasteiger partial charge in [-0.3, -0.25) is 4.57 Å². The maximum Gasteiger partial charge on any atom is 0.419 e. The standard InChI is InChI=1S/C15H10BrCl2NO2/c1-19-12-5-3-9(7-13(12)21-15(19)20)14(18)8-2-4-10(16)11(17)6-8/h2-7,14H,1H3. The maximum atomic E-state index is 11.5. The Bertz CT molecular complexity index is 885. The molecule has 3 rings (SSSR count). The van der Waals surface area contributed by atoms with Crippen LogP contribution in [-0.2, 0) is 7.05 Å². The first-order chi connectivity index (χ1) is 9.97. The van der Waals surface area contributed by atoms with Crippen LogP contribution in [0.5, 0.6) is 0 Å². The lowest BCUT2D eigenvalue weighted by Gasteiger charge is -2.11. The summed E-state index contributed by atoms with van der Waals surface area (Å²) in [5, 5.41) is 0.232. The Labute approximate surface area is 139 Å². The van der Waals surface area contributed by atoms with Crippen molar-refractivity contribution in [1.82, 2.24) is 4.57 Å². The zero-order valence-corrected chi connectivity index (χ0v) is 14.0. The van der Waals surface area contributed by atoms with Crippen molar-refractivity contribution in [2.75, 3.05) is 0 Å². The number of halogens is 3. The molecule has 3 nitrogen and oxygen atoms in total. The van der Waals surface area contributed by atoms with E-state index in [9.17, 15) is 4.79 Å². The number of rotatable bonds is 2. The molecule has 108 valence electrons. The Balaban J connectivity index is 2.06. The number of alkyl halides is 1. The minimum atomic E-state index is -0.389. The molecule has 1 heterocycles. The topological polar surface area (TPSA) is 35.1 Å². The van der Waals surface area contributed by atoms with E-state index in [2.05, 4.69) is 15.9 Å². The summed E-state index contributed by atoms with van der Waals surface area (Å²) in [4.78, 5) is 11.5. The van der Waals surface area contributed by atoms with Crippen LogP contribution in [0.25, 0.3) is 11.1 Å². The quantitative estimate of drug-likeness (QED) is 0.588. The molecule has 0 amide bonds. The average molecular weight is 387 g/mol. The molecule has 1 aromatic heterocycles. The molecular formula is C15H10BrCl2NO2. The van der Waals surface area contributed by atoms with Gasteiger partial charge in [0.05, 0.1) is 15.9 Å². The van der Waals surface area contributed by atoms with Gasteiger partial charge in [0.15, 0.2) is 5.58 Å². The molecule has 0 N–H and O–H groups in total. The molecule has 21 heavy (non-hydrogen) atoms. The summed E-state index contributed by atoms with van der Waals surface area (Å²) in [6, 6.07) is 11.1. The Morgan fingerprint density at radius 3 is 2.57 bits per heavy atom. The Kier molecular flexibility index (Phi) is 3.86. The summed E-state index contributed by atoms with van der Waals surface area (Å²) in [5.74, 6) is -0.389. The number of aryl methyl sites for hydroxylation is 1. The Morgan fingerprint density at radius 1 is 1.19 bits per heavy atom. The first-order valence-corrected chi connectivity index (χ1v) is 7.76. The van der Waals surface area contributed by atoms with Gasteiger partial charge in [-0.15, -0.1) is 11.6 Å². The molecule has 0 spiro atoms. The van der Waals surface area contributed by atoms with Crippen molar-refractivity contribution in [3.8, 4) is 0 Å². The predicted molar refractivity (Wildman–Crippen MR) is 88.3 cm³/mol. The normalized spacial score (nSPS) is 12.8. The predicted octanol–water partition coefficient (Wildman–Crippen LogP) is 4.88. The Morgan fingerprint density at radius 2 is 1.86 bits per heavy atom. The van der Waals surface area contributed by atoms with Crippen LogP contribution in [0.1, 0.15) is 16.5 Å². The molecule has 1 unspecified atom stereocenters. The van der Waals surface area contributed by atoms with Crippen molar-refractivity contribution in [2.24, 2.45) is 7.05 Å². The molecule has 0 aliphatic carbocycles. The largest absolute Gasteiger partial charge is 0.419 e. The number of benzene rings is 2. The summed E-state index contributed by atoms with van der Waals surface area (Å²) in [7, 11) is 1.67. The molecule has 0 bridgehead atoms. The third kappa shape index (κ3) is 2.63. The average Bonchev–Trinajstić information content (AvgIpc) is 2.76. The van der Waals surface area contributed by atoms with Crippen LogP contribution in [-0.4, -0.2) is 4.57 Å². The van der Waals surface area contributed by atoms with E-state index in [1.807, 2.05) is 30.3 Å². The molecule has 3 aromatic rings. The first-order valence-electron chi connectivity index (χ1n) is 6.16. The molecule has 6 heteroatoms. The van der Waals surface area contributed by atoms with E-state index in [0.717, 1.165) is 21.1 Å². The minimum Gasteiger partial charge on any atom is -0.408 e. The highest BCUT2D eigenvalue weighted by Gasteiger charge is 2.15. The van der Waals surface area contributed by atoms with Crippen LogP contribution in [0.2, 0.25) is 5.02 Å². The van der Waals surface area contributed by atoms with Gasteiger partial charge in [-0.25, -0.2) is 4.79 Å². The number of aromatic nitrogens is 1. The number of oxazole rings is 1. The summed E-state index contributed by atoms with van der Waals surface area (Å²) in [6.07, 6.45) is 0. The van der Waals surface area contributed by atoms with Gasteiger partial charge in [-0.1, -0.05) is 23.7 Å². The van der Waals surface area contributed by atoms with Crippen molar-refractivity contribution < 1.29 is 4.42 Å². The smallest absolute Gasteiger partial charge is 0.408 e. The first kappa shape index (κ1) is 14.7. The van der Waals surface area contributed by atoms with Crippen molar-refractivity contribution in [3.63, 3.8) is 0 Å². The highest BCUT2D eigenvalue weighted by molar-refractivity contribution is 9.10.